The fourth-order valence-electron chi connectivity index (χ4n) is 2.14. The molecule has 1 atom stereocenters. The van der Waals surface area contributed by atoms with Crippen LogP contribution in [0, 0.1) is 0 Å². The lowest BCUT2D eigenvalue weighted by Gasteiger charge is -2.35. The molecule has 1 saturated heterocycles. The van der Waals surface area contributed by atoms with Gasteiger partial charge >= 0.3 is 0 Å². The van der Waals surface area contributed by atoms with Crippen LogP contribution in [-0.4, -0.2) is 35.6 Å². The maximum atomic E-state index is 4.16. The molecule has 2 heterocycles. The second-order valence-electron chi connectivity index (χ2n) is 4.10. The van der Waals surface area contributed by atoms with E-state index < -0.39 is 0 Å². The smallest absolute Gasteiger partial charge is 0.0312 e. The predicted molar refractivity (Wildman–Crippen MR) is 61.6 cm³/mol. The van der Waals surface area contributed by atoms with Crippen LogP contribution in [0.4, 0.5) is 0 Å². The van der Waals surface area contributed by atoms with Gasteiger partial charge in [0.2, 0.25) is 0 Å². The minimum Gasteiger partial charge on any atom is -0.314 e. The highest BCUT2D eigenvalue weighted by Gasteiger charge is 2.19. The molecule has 1 fully saturated rings. The second-order valence-corrected chi connectivity index (χ2v) is 4.10. The van der Waals surface area contributed by atoms with Crippen molar-refractivity contribution in [3.8, 4) is 0 Å². The Bertz CT molecular complexity index is 286. The third-order valence-electron chi connectivity index (χ3n) is 3.05. The Kier molecular flexibility index (Phi) is 3.69. The summed E-state index contributed by atoms with van der Waals surface area (Å²) in [7, 11) is 0. The number of hydrogen-bond acceptors (Lipinski definition) is 3. The first-order valence-electron chi connectivity index (χ1n) is 5.74. The summed E-state index contributed by atoms with van der Waals surface area (Å²) in [6.07, 6.45) is 5.01. The normalized spacial score (nSPS) is 22.9. The van der Waals surface area contributed by atoms with Gasteiger partial charge in [-0.3, -0.25) is 9.88 Å². The maximum Gasteiger partial charge on any atom is 0.0312 e. The molecule has 0 amide bonds. The molecule has 1 aliphatic rings. The van der Waals surface area contributed by atoms with E-state index in [2.05, 4.69) is 28.2 Å². The van der Waals surface area contributed by atoms with Crippen molar-refractivity contribution >= 4 is 0 Å². The molecule has 2 rings (SSSR count). The Morgan fingerprint density at radius 3 is 3.27 bits per heavy atom. The van der Waals surface area contributed by atoms with Crippen LogP contribution in [0.3, 0.4) is 0 Å². The van der Waals surface area contributed by atoms with E-state index in [1.165, 1.54) is 12.0 Å². The highest BCUT2D eigenvalue weighted by Crippen LogP contribution is 2.11. The monoisotopic (exact) mass is 205 g/mol. The van der Waals surface area contributed by atoms with Crippen LogP contribution < -0.4 is 5.32 Å². The number of piperazine rings is 1. The molecule has 0 aromatic carbocycles. The number of hydrogen-bond donors (Lipinski definition) is 1. The van der Waals surface area contributed by atoms with E-state index >= 15 is 0 Å². The molecular formula is C12H19N3. The fraction of sp³-hybridized carbons (Fsp3) is 0.583. The van der Waals surface area contributed by atoms with Gasteiger partial charge < -0.3 is 5.32 Å². The molecule has 1 aliphatic heterocycles. The van der Waals surface area contributed by atoms with Crippen molar-refractivity contribution in [1.82, 2.24) is 15.2 Å². The van der Waals surface area contributed by atoms with Gasteiger partial charge in [0, 0.05) is 44.6 Å². The van der Waals surface area contributed by atoms with Crippen LogP contribution in [0.1, 0.15) is 18.9 Å². The summed E-state index contributed by atoms with van der Waals surface area (Å²) in [5, 5.41) is 3.44. The number of pyridine rings is 1. The molecule has 1 aromatic heterocycles. The van der Waals surface area contributed by atoms with E-state index in [9.17, 15) is 0 Å². The van der Waals surface area contributed by atoms with Gasteiger partial charge in [0.25, 0.3) is 0 Å². The predicted octanol–water partition coefficient (Wildman–Crippen LogP) is 1.27. The molecule has 0 bridgehead atoms. The lowest BCUT2D eigenvalue weighted by molar-refractivity contribution is 0.149. The zero-order valence-electron chi connectivity index (χ0n) is 9.32. The van der Waals surface area contributed by atoms with E-state index in [0.29, 0.717) is 6.04 Å². The average Bonchev–Trinajstić information content (AvgIpc) is 2.31. The summed E-state index contributed by atoms with van der Waals surface area (Å²) in [4.78, 5) is 6.71. The van der Waals surface area contributed by atoms with E-state index in [0.717, 1.165) is 26.2 Å². The molecule has 3 heteroatoms. The van der Waals surface area contributed by atoms with Crippen LogP contribution in [0.2, 0.25) is 0 Å². The Labute approximate surface area is 91.5 Å². The molecule has 15 heavy (non-hydrogen) atoms. The third-order valence-corrected chi connectivity index (χ3v) is 3.05. The summed E-state index contributed by atoms with van der Waals surface area (Å²) in [6.45, 7) is 6.67. The van der Waals surface area contributed by atoms with Crippen LogP contribution in [0.25, 0.3) is 0 Å². The molecular weight excluding hydrogens is 186 g/mol. The standard InChI is InChI=1S/C12H19N3/c1-2-12-9-14-6-7-15(12)10-11-4-3-5-13-8-11/h3-5,8,12,14H,2,6-7,9-10H2,1H3. The van der Waals surface area contributed by atoms with Gasteiger partial charge in [-0.15, -0.1) is 0 Å². The fourth-order valence-corrected chi connectivity index (χ4v) is 2.14. The minimum absolute atomic E-state index is 0.680. The second kappa shape index (κ2) is 5.24. The third kappa shape index (κ3) is 2.76. The summed E-state index contributed by atoms with van der Waals surface area (Å²) in [6, 6.07) is 4.85. The molecule has 1 unspecified atom stereocenters. The van der Waals surface area contributed by atoms with Crippen molar-refractivity contribution in [2.24, 2.45) is 0 Å². The molecule has 0 spiro atoms. The van der Waals surface area contributed by atoms with Crippen LogP contribution >= 0.6 is 0 Å². The summed E-state index contributed by atoms with van der Waals surface area (Å²) < 4.78 is 0. The topological polar surface area (TPSA) is 28.2 Å². The first-order chi connectivity index (χ1) is 7.40. The molecule has 0 radical (unpaired) electrons. The van der Waals surface area contributed by atoms with Crippen molar-refractivity contribution in [3.05, 3.63) is 30.1 Å². The number of nitrogens with zero attached hydrogens (tertiary/aromatic N) is 2. The largest absolute Gasteiger partial charge is 0.314 e. The first kappa shape index (κ1) is 10.6. The zero-order chi connectivity index (χ0) is 10.5. The minimum atomic E-state index is 0.680. The lowest BCUT2D eigenvalue weighted by atomic mass is 10.1. The van der Waals surface area contributed by atoms with Crippen molar-refractivity contribution < 1.29 is 0 Å². The van der Waals surface area contributed by atoms with Gasteiger partial charge in [0.1, 0.15) is 0 Å². The SMILES string of the molecule is CCC1CNCCN1Cc1cccnc1. The van der Waals surface area contributed by atoms with Gasteiger partial charge in [-0.25, -0.2) is 0 Å². The van der Waals surface area contributed by atoms with E-state index in [-0.39, 0.29) is 0 Å². The van der Waals surface area contributed by atoms with Crippen molar-refractivity contribution in [2.45, 2.75) is 25.9 Å². The van der Waals surface area contributed by atoms with Gasteiger partial charge in [-0.2, -0.15) is 0 Å². The molecule has 0 aliphatic carbocycles. The quantitative estimate of drug-likeness (QED) is 0.805. The molecule has 1 aromatic rings. The van der Waals surface area contributed by atoms with Crippen LogP contribution in [-0.2, 0) is 6.54 Å². The Morgan fingerprint density at radius 2 is 2.53 bits per heavy atom. The Balaban J connectivity index is 1.97. The maximum absolute atomic E-state index is 4.16. The van der Waals surface area contributed by atoms with Crippen molar-refractivity contribution in [3.63, 3.8) is 0 Å². The van der Waals surface area contributed by atoms with Gasteiger partial charge in [0.05, 0.1) is 0 Å². The van der Waals surface area contributed by atoms with Crippen molar-refractivity contribution in [1.29, 1.82) is 0 Å². The summed E-state index contributed by atoms with van der Waals surface area (Å²) in [5.41, 5.74) is 1.32. The highest BCUT2D eigenvalue weighted by atomic mass is 15.2. The number of rotatable bonds is 3. The number of nitrogens with one attached hydrogen (secondary N) is 1. The molecule has 1 N–H and O–H groups in total. The molecule has 0 saturated carbocycles. The number of aromatic nitrogens is 1. The zero-order valence-corrected chi connectivity index (χ0v) is 9.32. The molecule has 82 valence electrons. The molecule has 3 nitrogen and oxygen atoms in total. The average molecular weight is 205 g/mol. The van der Waals surface area contributed by atoms with E-state index in [1.54, 1.807) is 0 Å². The summed E-state index contributed by atoms with van der Waals surface area (Å²) >= 11 is 0. The van der Waals surface area contributed by atoms with E-state index in [1.807, 2.05) is 18.5 Å². The van der Waals surface area contributed by atoms with E-state index in [4.69, 9.17) is 0 Å². The van der Waals surface area contributed by atoms with Gasteiger partial charge in [0.15, 0.2) is 0 Å². The van der Waals surface area contributed by atoms with Crippen LogP contribution in [0.15, 0.2) is 24.5 Å². The Morgan fingerprint density at radius 1 is 1.60 bits per heavy atom. The first-order valence-corrected chi connectivity index (χ1v) is 5.74. The van der Waals surface area contributed by atoms with Crippen LogP contribution in [0.5, 0.6) is 0 Å². The highest BCUT2D eigenvalue weighted by molar-refractivity contribution is 5.08. The van der Waals surface area contributed by atoms with Crippen molar-refractivity contribution in [2.75, 3.05) is 19.6 Å². The van der Waals surface area contributed by atoms with Gasteiger partial charge in [-0.05, 0) is 18.1 Å². The Hall–Kier alpha value is -0.930. The van der Waals surface area contributed by atoms with Gasteiger partial charge in [-0.1, -0.05) is 13.0 Å². The summed E-state index contributed by atoms with van der Waals surface area (Å²) in [5.74, 6) is 0. The lowest BCUT2D eigenvalue weighted by Crippen LogP contribution is -2.50.